The molecule has 2 heterocycles. The van der Waals surface area contributed by atoms with Gasteiger partial charge in [0.1, 0.15) is 0 Å². The molecule has 0 spiro atoms. The van der Waals surface area contributed by atoms with Gasteiger partial charge in [-0.1, -0.05) is 6.07 Å². The Hall–Kier alpha value is -2.40. The normalized spacial score (nSPS) is 10.7. The molecule has 0 fully saturated rings. The molecule has 0 aliphatic rings. The highest BCUT2D eigenvalue weighted by atomic mass is 35.5. The monoisotopic (exact) mass is 287 g/mol. The summed E-state index contributed by atoms with van der Waals surface area (Å²) in [5, 5.41) is 1.06. The van der Waals surface area contributed by atoms with Gasteiger partial charge in [-0.25, -0.2) is 14.8 Å². The lowest BCUT2D eigenvalue weighted by atomic mass is 10.0. The van der Waals surface area contributed by atoms with Crippen molar-refractivity contribution in [2.45, 2.75) is 0 Å². The summed E-state index contributed by atoms with van der Waals surface area (Å²) in [4.78, 5) is 22.8. The Labute approximate surface area is 119 Å². The van der Waals surface area contributed by atoms with Crippen LogP contribution in [0.25, 0.3) is 22.2 Å². The maximum atomic E-state index is 11.7. The Morgan fingerprint density at radius 3 is 2.90 bits per heavy atom. The molecular weight excluding hydrogens is 278 g/mol. The van der Waals surface area contributed by atoms with Gasteiger partial charge in [0.2, 0.25) is 5.28 Å². The highest BCUT2D eigenvalue weighted by Gasteiger charge is 2.15. The number of nitrogens with zero attached hydrogens (tertiary/aromatic N) is 2. The Morgan fingerprint density at radius 2 is 2.15 bits per heavy atom. The number of H-pyrrole nitrogens is 1. The molecule has 0 radical (unpaired) electrons. The Kier molecular flexibility index (Phi) is 3.12. The van der Waals surface area contributed by atoms with Gasteiger partial charge >= 0.3 is 5.97 Å². The standard InChI is InChI=1S/C14H10ClN3O2/c1-20-13(19)10-3-2-8(9-4-6-16-12(9)10)11-5-7-17-14(15)18-11/h2-7,16H,1H3. The number of aromatic nitrogens is 3. The van der Waals surface area contributed by atoms with Crippen molar-refractivity contribution >= 4 is 28.5 Å². The average molecular weight is 288 g/mol. The number of esters is 1. The summed E-state index contributed by atoms with van der Waals surface area (Å²) >= 11 is 5.82. The molecule has 0 bridgehead atoms. The smallest absolute Gasteiger partial charge is 0.339 e. The minimum absolute atomic E-state index is 0.184. The average Bonchev–Trinajstić information content (AvgIpc) is 2.94. The van der Waals surface area contributed by atoms with E-state index in [1.165, 1.54) is 7.11 Å². The Bertz CT molecular complexity index is 798. The molecule has 0 saturated carbocycles. The first-order valence-electron chi connectivity index (χ1n) is 5.88. The maximum Gasteiger partial charge on any atom is 0.339 e. The van der Waals surface area contributed by atoms with Crippen molar-refractivity contribution in [3.63, 3.8) is 0 Å². The number of halogens is 1. The summed E-state index contributed by atoms with van der Waals surface area (Å²) < 4.78 is 4.77. The van der Waals surface area contributed by atoms with Gasteiger partial charge in [0.25, 0.3) is 0 Å². The van der Waals surface area contributed by atoms with Crippen molar-refractivity contribution in [1.82, 2.24) is 15.0 Å². The summed E-state index contributed by atoms with van der Waals surface area (Å²) in [6.45, 7) is 0. The molecule has 3 rings (SSSR count). The van der Waals surface area contributed by atoms with Gasteiger partial charge in [-0.05, 0) is 29.8 Å². The number of ether oxygens (including phenoxy) is 1. The molecule has 0 unspecified atom stereocenters. The minimum atomic E-state index is -0.385. The third-order valence-electron chi connectivity index (χ3n) is 3.03. The second kappa shape index (κ2) is 4.94. The highest BCUT2D eigenvalue weighted by molar-refractivity contribution is 6.28. The fraction of sp³-hybridized carbons (Fsp3) is 0.0714. The second-order valence-corrected chi connectivity index (χ2v) is 4.47. The van der Waals surface area contributed by atoms with Crippen LogP contribution in [-0.4, -0.2) is 28.0 Å². The topological polar surface area (TPSA) is 67.9 Å². The molecule has 0 saturated heterocycles. The lowest BCUT2D eigenvalue weighted by molar-refractivity contribution is 0.0603. The van der Waals surface area contributed by atoms with E-state index in [9.17, 15) is 4.79 Å². The van der Waals surface area contributed by atoms with Crippen LogP contribution in [0.2, 0.25) is 5.28 Å². The van der Waals surface area contributed by atoms with Crippen molar-refractivity contribution in [1.29, 1.82) is 0 Å². The Balaban J connectivity index is 2.24. The van der Waals surface area contributed by atoms with E-state index in [1.807, 2.05) is 12.1 Å². The number of fused-ring (bicyclic) bond motifs is 1. The van der Waals surface area contributed by atoms with Gasteiger partial charge in [-0.3, -0.25) is 0 Å². The van der Waals surface area contributed by atoms with Crippen LogP contribution in [0.15, 0.2) is 36.7 Å². The van der Waals surface area contributed by atoms with Gasteiger partial charge in [0.05, 0.1) is 23.9 Å². The molecule has 3 aromatic rings. The first-order valence-corrected chi connectivity index (χ1v) is 6.26. The predicted molar refractivity (Wildman–Crippen MR) is 75.7 cm³/mol. The van der Waals surface area contributed by atoms with Crippen LogP contribution in [0.3, 0.4) is 0 Å². The number of aromatic amines is 1. The van der Waals surface area contributed by atoms with E-state index in [-0.39, 0.29) is 11.3 Å². The number of hydrogen-bond donors (Lipinski definition) is 1. The zero-order valence-corrected chi connectivity index (χ0v) is 11.3. The molecule has 1 N–H and O–H groups in total. The van der Waals surface area contributed by atoms with E-state index >= 15 is 0 Å². The van der Waals surface area contributed by atoms with E-state index in [0.29, 0.717) is 16.8 Å². The van der Waals surface area contributed by atoms with Crippen LogP contribution in [0.4, 0.5) is 0 Å². The number of carbonyl (C=O) groups excluding carboxylic acids is 1. The summed E-state index contributed by atoms with van der Waals surface area (Å²) in [5.41, 5.74) is 2.77. The fourth-order valence-corrected chi connectivity index (χ4v) is 2.29. The van der Waals surface area contributed by atoms with E-state index in [0.717, 1.165) is 10.9 Å². The van der Waals surface area contributed by atoms with Crippen LogP contribution in [0, 0.1) is 0 Å². The number of carbonyl (C=O) groups is 1. The lowest BCUT2D eigenvalue weighted by Crippen LogP contribution is -2.02. The number of nitrogens with one attached hydrogen (secondary N) is 1. The van der Waals surface area contributed by atoms with Gasteiger partial charge in [-0.2, -0.15) is 0 Å². The summed E-state index contributed by atoms with van der Waals surface area (Å²) in [6.07, 6.45) is 3.36. The minimum Gasteiger partial charge on any atom is -0.465 e. The van der Waals surface area contributed by atoms with Crippen molar-refractivity contribution in [3.8, 4) is 11.3 Å². The van der Waals surface area contributed by atoms with Crippen molar-refractivity contribution in [3.05, 3.63) is 47.5 Å². The zero-order chi connectivity index (χ0) is 14.1. The first kappa shape index (κ1) is 12.6. The Morgan fingerprint density at radius 1 is 1.30 bits per heavy atom. The van der Waals surface area contributed by atoms with Gasteiger partial charge in [-0.15, -0.1) is 0 Å². The molecule has 5 nitrogen and oxygen atoms in total. The van der Waals surface area contributed by atoms with E-state index in [2.05, 4.69) is 15.0 Å². The van der Waals surface area contributed by atoms with E-state index < -0.39 is 0 Å². The molecule has 20 heavy (non-hydrogen) atoms. The van der Waals surface area contributed by atoms with Gasteiger partial charge in [0, 0.05) is 23.3 Å². The summed E-state index contributed by atoms with van der Waals surface area (Å²) in [7, 11) is 1.36. The van der Waals surface area contributed by atoms with Gasteiger partial charge < -0.3 is 9.72 Å². The molecule has 0 atom stereocenters. The van der Waals surface area contributed by atoms with Crippen LogP contribution in [0.1, 0.15) is 10.4 Å². The quantitative estimate of drug-likeness (QED) is 0.581. The van der Waals surface area contributed by atoms with Crippen molar-refractivity contribution in [2.24, 2.45) is 0 Å². The number of benzene rings is 1. The maximum absolute atomic E-state index is 11.7. The van der Waals surface area contributed by atoms with Crippen LogP contribution in [-0.2, 0) is 4.74 Å². The molecule has 6 heteroatoms. The molecule has 0 aliphatic heterocycles. The number of hydrogen-bond acceptors (Lipinski definition) is 4. The third kappa shape index (κ3) is 2.02. The molecule has 100 valence electrons. The van der Waals surface area contributed by atoms with E-state index in [4.69, 9.17) is 16.3 Å². The largest absolute Gasteiger partial charge is 0.465 e. The molecule has 2 aromatic heterocycles. The van der Waals surface area contributed by atoms with Gasteiger partial charge in [0.15, 0.2) is 0 Å². The molecule has 0 amide bonds. The predicted octanol–water partition coefficient (Wildman–Crippen LogP) is 3.06. The number of methoxy groups -OCH3 is 1. The zero-order valence-electron chi connectivity index (χ0n) is 10.6. The number of rotatable bonds is 2. The molecule has 0 aliphatic carbocycles. The molecular formula is C14H10ClN3O2. The lowest BCUT2D eigenvalue weighted by Gasteiger charge is -2.06. The van der Waals surface area contributed by atoms with Crippen LogP contribution < -0.4 is 0 Å². The summed E-state index contributed by atoms with van der Waals surface area (Å²) in [5.74, 6) is -0.385. The third-order valence-corrected chi connectivity index (χ3v) is 3.21. The highest BCUT2D eigenvalue weighted by Crippen LogP contribution is 2.29. The second-order valence-electron chi connectivity index (χ2n) is 4.13. The van der Waals surface area contributed by atoms with E-state index in [1.54, 1.807) is 24.5 Å². The molecule has 1 aromatic carbocycles. The van der Waals surface area contributed by atoms with Crippen LogP contribution >= 0.6 is 11.6 Å². The first-order chi connectivity index (χ1) is 9.70. The van der Waals surface area contributed by atoms with Crippen molar-refractivity contribution < 1.29 is 9.53 Å². The SMILES string of the molecule is COC(=O)c1ccc(-c2ccnc(Cl)n2)c2cc[nH]c12. The van der Waals surface area contributed by atoms with Crippen molar-refractivity contribution in [2.75, 3.05) is 7.11 Å². The summed E-state index contributed by atoms with van der Waals surface area (Å²) in [6, 6.07) is 7.18. The van der Waals surface area contributed by atoms with Crippen LogP contribution in [0.5, 0.6) is 0 Å². The fourth-order valence-electron chi connectivity index (χ4n) is 2.14.